The van der Waals surface area contributed by atoms with Crippen LogP contribution in [0.4, 0.5) is 11.4 Å². The van der Waals surface area contributed by atoms with Gasteiger partial charge in [-0.1, -0.05) is 45.9 Å². The molecule has 0 unspecified atom stereocenters. The SMILES string of the molecule is COc1cc(NCCC(=O)Nc2c(C(C)C)cccc2C(C)C)cc(OC)c1. The van der Waals surface area contributed by atoms with Crippen molar-refractivity contribution < 1.29 is 14.3 Å². The topological polar surface area (TPSA) is 59.6 Å². The molecule has 28 heavy (non-hydrogen) atoms. The van der Waals surface area contributed by atoms with E-state index in [0.717, 1.165) is 11.4 Å². The van der Waals surface area contributed by atoms with Gasteiger partial charge < -0.3 is 20.1 Å². The molecule has 0 heterocycles. The van der Waals surface area contributed by atoms with Crippen molar-refractivity contribution in [1.82, 2.24) is 0 Å². The minimum Gasteiger partial charge on any atom is -0.497 e. The van der Waals surface area contributed by atoms with Crippen molar-refractivity contribution in [2.75, 3.05) is 31.4 Å². The normalized spacial score (nSPS) is 10.9. The van der Waals surface area contributed by atoms with Crippen molar-refractivity contribution >= 4 is 17.3 Å². The molecular formula is C23H32N2O3. The summed E-state index contributed by atoms with van der Waals surface area (Å²) in [4.78, 5) is 12.6. The van der Waals surface area contributed by atoms with Gasteiger partial charge in [-0.05, 0) is 23.0 Å². The van der Waals surface area contributed by atoms with E-state index in [-0.39, 0.29) is 5.91 Å². The van der Waals surface area contributed by atoms with Gasteiger partial charge in [0.05, 0.1) is 14.2 Å². The predicted molar refractivity (Wildman–Crippen MR) is 116 cm³/mol. The Morgan fingerprint density at radius 2 is 1.46 bits per heavy atom. The van der Waals surface area contributed by atoms with Crippen LogP contribution in [0.2, 0.25) is 0 Å². The summed E-state index contributed by atoms with van der Waals surface area (Å²) in [6, 6.07) is 11.8. The van der Waals surface area contributed by atoms with Crippen LogP contribution < -0.4 is 20.1 Å². The van der Waals surface area contributed by atoms with E-state index in [1.54, 1.807) is 14.2 Å². The molecular weight excluding hydrogens is 352 g/mol. The van der Waals surface area contributed by atoms with Gasteiger partial charge in [0.2, 0.25) is 5.91 Å². The smallest absolute Gasteiger partial charge is 0.226 e. The first-order valence-corrected chi connectivity index (χ1v) is 9.75. The monoisotopic (exact) mass is 384 g/mol. The number of nitrogens with one attached hydrogen (secondary N) is 2. The van der Waals surface area contributed by atoms with Crippen molar-refractivity contribution in [3.63, 3.8) is 0 Å². The molecule has 0 spiro atoms. The zero-order valence-corrected chi connectivity index (χ0v) is 17.8. The largest absolute Gasteiger partial charge is 0.497 e. The highest BCUT2D eigenvalue weighted by atomic mass is 16.5. The number of methoxy groups -OCH3 is 2. The maximum atomic E-state index is 12.6. The zero-order valence-electron chi connectivity index (χ0n) is 17.8. The highest BCUT2D eigenvalue weighted by molar-refractivity contribution is 5.93. The van der Waals surface area contributed by atoms with E-state index in [1.165, 1.54) is 11.1 Å². The molecule has 0 saturated carbocycles. The summed E-state index contributed by atoms with van der Waals surface area (Å²) < 4.78 is 10.6. The third-order valence-electron chi connectivity index (χ3n) is 4.67. The Morgan fingerprint density at radius 1 is 0.929 bits per heavy atom. The van der Waals surface area contributed by atoms with Crippen LogP contribution in [-0.4, -0.2) is 26.7 Å². The van der Waals surface area contributed by atoms with Gasteiger partial charge in [0, 0.05) is 42.5 Å². The summed E-state index contributed by atoms with van der Waals surface area (Å²) in [5.74, 6) is 2.10. The van der Waals surface area contributed by atoms with E-state index in [2.05, 4.69) is 56.5 Å². The van der Waals surface area contributed by atoms with Crippen LogP contribution in [0.15, 0.2) is 36.4 Å². The van der Waals surface area contributed by atoms with Crippen LogP contribution >= 0.6 is 0 Å². The lowest BCUT2D eigenvalue weighted by molar-refractivity contribution is -0.115. The van der Waals surface area contributed by atoms with Crippen LogP contribution in [0, 0.1) is 0 Å². The molecule has 2 rings (SSSR count). The minimum absolute atomic E-state index is 0.00244. The Labute approximate surface area is 168 Å². The third kappa shape index (κ3) is 5.65. The summed E-state index contributed by atoms with van der Waals surface area (Å²) in [5.41, 5.74) is 4.16. The van der Waals surface area contributed by atoms with E-state index in [4.69, 9.17) is 9.47 Å². The van der Waals surface area contributed by atoms with Gasteiger partial charge in [-0.25, -0.2) is 0 Å². The van der Waals surface area contributed by atoms with Gasteiger partial charge in [-0.2, -0.15) is 0 Å². The lowest BCUT2D eigenvalue weighted by atomic mass is 9.92. The fourth-order valence-corrected chi connectivity index (χ4v) is 3.13. The molecule has 0 aliphatic heterocycles. The van der Waals surface area contributed by atoms with Crippen LogP contribution in [0.1, 0.15) is 57.1 Å². The first kappa shape index (κ1) is 21.6. The Hall–Kier alpha value is -2.69. The Kier molecular flexibility index (Phi) is 7.73. The van der Waals surface area contributed by atoms with Gasteiger partial charge >= 0.3 is 0 Å². The lowest BCUT2D eigenvalue weighted by Gasteiger charge is -2.20. The zero-order chi connectivity index (χ0) is 20.7. The van der Waals surface area contributed by atoms with Crippen LogP contribution in [-0.2, 0) is 4.79 Å². The Bertz CT molecular complexity index is 752. The fraction of sp³-hybridized carbons (Fsp3) is 0.435. The van der Waals surface area contributed by atoms with Crippen LogP contribution in [0.5, 0.6) is 11.5 Å². The number of benzene rings is 2. The molecule has 0 radical (unpaired) electrons. The van der Waals surface area contributed by atoms with Crippen molar-refractivity contribution in [2.45, 2.75) is 46.0 Å². The maximum Gasteiger partial charge on any atom is 0.226 e. The highest BCUT2D eigenvalue weighted by Gasteiger charge is 2.15. The third-order valence-corrected chi connectivity index (χ3v) is 4.67. The number of rotatable bonds is 9. The Morgan fingerprint density at radius 3 is 1.93 bits per heavy atom. The van der Waals surface area contributed by atoms with Gasteiger partial charge in [0.1, 0.15) is 11.5 Å². The molecule has 0 aromatic heterocycles. The van der Waals surface area contributed by atoms with E-state index in [9.17, 15) is 4.79 Å². The number of carbonyl (C=O) groups excluding carboxylic acids is 1. The molecule has 0 saturated heterocycles. The molecule has 5 heteroatoms. The number of para-hydroxylation sites is 1. The molecule has 0 atom stereocenters. The molecule has 2 aromatic rings. The average Bonchev–Trinajstić information content (AvgIpc) is 2.67. The van der Waals surface area contributed by atoms with E-state index in [0.29, 0.717) is 36.3 Å². The summed E-state index contributed by atoms with van der Waals surface area (Å²) in [7, 11) is 3.23. The fourth-order valence-electron chi connectivity index (χ4n) is 3.13. The number of hydrogen-bond donors (Lipinski definition) is 2. The number of amides is 1. The van der Waals surface area contributed by atoms with Gasteiger partial charge in [-0.3, -0.25) is 4.79 Å². The summed E-state index contributed by atoms with van der Waals surface area (Å²) >= 11 is 0. The van der Waals surface area contributed by atoms with Crippen molar-refractivity contribution in [2.24, 2.45) is 0 Å². The summed E-state index contributed by atoms with van der Waals surface area (Å²) in [5, 5.41) is 6.41. The van der Waals surface area contributed by atoms with Crippen molar-refractivity contribution in [1.29, 1.82) is 0 Å². The van der Waals surface area contributed by atoms with Gasteiger partial charge in [0.15, 0.2) is 0 Å². The van der Waals surface area contributed by atoms with Crippen molar-refractivity contribution in [3.8, 4) is 11.5 Å². The number of anilines is 2. The van der Waals surface area contributed by atoms with E-state index < -0.39 is 0 Å². The molecule has 0 aliphatic carbocycles. The highest BCUT2D eigenvalue weighted by Crippen LogP contribution is 2.32. The minimum atomic E-state index is -0.00244. The number of carbonyl (C=O) groups is 1. The molecule has 2 N–H and O–H groups in total. The standard InChI is InChI=1S/C23H32N2O3/c1-15(2)20-8-7-9-21(16(3)4)23(20)25-22(26)10-11-24-17-12-18(27-5)14-19(13-17)28-6/h7-9,12-16,24H,10-11H2,1-6H3,(H,25,26). The van der Waals surface area contributed by atoms with Gasteiger partial charge in [-0.15, -0.1) is 0 Å². The first-order chi connectivity index (χ1) is 13.3. The van der Waals surface area contributed by atoms with Gasteiger partial charge in [0.25, 0.3) is 0 Å². The second-order valence-corrected chi connectivity index (χ2v) is 7.45. The Balaban J connectivity index is 2.04. The molecule has 152 valence electrons. The quantitative estimate of drug-likeness (QED) is 0.608. The average molecular weight is 385 g/mol. The van der Waals surface area contributed by atoms with E-state index >= 15 is 0 Å². The molecule has 2 aromatic carbocycles. The number of hydrogen-bond acceptors (Lipinski definition) is 4. The molecule has 0 aliphatic rings. The van der Waals surface area contributed by atoms with Crippen LogP contribution in [0.3, 0.4) is 0 Å². The first-order valence-electron chi connectivity index (χ1n) is 9.75. The summed E-state index contributed by atoms with van der Waals surface area (Å²) in [6.07, 6.45) is 0.365. The second-order valence-electron chi connectivity index (χ2n) is 7.45. The van der Waals surface area contributed by atoms with Crippen LogP contribution in [0.25, 0.3) is 0 Å². The predicted octanol–water partition coefficient (Wildman–Crippen LogP) is 5.39. The summed E-state index contributed by atoms with van der Waals surface area (Å²) in [6.45, 7) is 9.10. The molecule has 0 fully saturated rings. The molecule has 5 nitrogen and oxygen atoms in total. The molecule has 0 bridgehead atoms. The maximum absolute atomic E-state index is 12.6. The second kappa shape index (κ2) is 10.0. The van der Waals surface area contributed by atoms with E-state index in [1.807, 2.05) is 18.2 Å². The van der Waals surface area contributed by atoms with Crippen molar-refractivity contribution in [3.05, 3.63) is 47.5 Å². The number of ether oxygens (including phenoxy) is 2. The molecule has 1 amide bonds. The lowest BCUT2D eigenvalue weighted by Crippen LogP contribution is -2.19.